The molecular weight excluding hydrogens is 220 g/mol. The lowest BCUT2D eigenvalue weighted by Gasteiger charge is -2.36. The Hall–Kier alpha value is -1.02. The number of likely N-dealkylation sites (N-methyl/N-ethyl adjacent to an activating group) is 1. The Morgan fingerprint density at radius 1 is 1.17 bits per heavy atom. The molecule has 0 amide bonds. The fourth-order valence-electron chi connectivity index (χ4n) is 3.49. The van der Waals surface area contributed by atoms with Gasteiger partial charge in [0, 0.05) is 24.8 Å². The van der Waals surface area contributed by atoms with E-state index in [0.717, 1.165) is 0 Å². The van der Waals surface area contributed by atoms with Crippen LogP contribution in [0.25, 0.3) is 0 Å². The van der Waals surface area contributed by atoms with E-state index in [1.54, 1.807) is 11.1 Å². The minimum absolute atomic E-state index is 0.665. The van der Waals surface area contributed by atoms with Crippen LogP contribution in [0, 0.1) is 0 Å². The van der Waals surface area contributed by atoms with E-state index in [-0.39, 0.29) is 0 Å². The smallest absolute Gasteiger partial charge is 0.0402 e. The van der Waals surface area contributed by atoms with Gasteiger partial charge in [-0.15, -0.1) is 0 Å². The number of nitrogens with one attached hydrogen (secondary N) is 1. The van der Waals surface area contributed by atoms with Crippen LogP contribution in [0.2, 0.25) is 0 Å². The zero-order valence-corrected chi connectivity index (χ0v) is 11.4. The monoisotopic (exact) mass is 244 g/mol. The Morgan fingerprint density at radius 2 is 2.06 bits per heavy atom. The zero-order chi connectivity index (χ0) is 12.4. The third-order valence-corrected chi connectivity index (χ3v) is 4.54. The van der Waals surface area contributed by atoms with Gasteiger partial charge in [-0.05, 0) is 62.8 Å². The van der Waals surface area contributed by atoms with E-state index in [9.17, 15) is 0 Å². The van der Waals surface area contributed by atoms with Gasteiger partial charge < -0.3 is 10.2 Å². The summed E-state index contributed by atoms with van der Waals surface area (Å²) in [4.78, 5) is 2.61. The normalized spacial score (nSPS) is 23.8. The molecule has 1 aromatic carbocycles. The van der Waals surface area contributed by atoms with Gasteiger partial charge >= 0.3 is 0 Å². The standard InChI is InChI=1S/C16H24N2/c1-17-14-8-5-11-18(12-14)16-10-4-7-13-6-2-3-9-15(13)16/h4,7,10,14,17H,2-3,5-6,8-9,11-12H2,1H3. The van der Waals surface area contributed by atoms with E-state index in [0.29, 0.717) is 6.04 Å². The second-order valence-corrected chi connectivity index (χ2v) is 5.70. The number of benzene rings is 1. The van der Waals surface area contributed by atoms with Crippen molar-refractivity contribution in [1.82, 2.24) is 5.32 Å². The molecule has 1 atom stereocenters. The van der Waals surface area contributed by atoms with E-state index in [4.69, 9.17) is 0 Å². The molecule has 1 heterocycles. The molecule has 2 nitrogen and oxygen atoms in total. The molecule has 0 bridgehead atoms. The van der Waals surface area contributed by atoms with Gasteiger partial charge in [-0.3, -0.25) is 0 Å². The third kappa shape index (κ3) is 2.26. The number of nitrogens with zero attached hydrogens (tertiary/aromatic N) is 1. The minimum Gasteiger partial charge on any atom is -0.370 e. The molecule has 18 heavy (non-hydrogen) atoms. The van der Waals surface area contributed by atoms with Crippen molar-refractivity contribution in [1.29, 1.82) is 0 Å². The van der Waals surface area contributed by atoms with E-state index >= 15 is 0 Å². The average molecular weight is 244 g/mol. The summed E-state index contributed by atoms with van der Waals surface area (Å²) >= 11 is 0. The molecule has 1 aliphatic heterocycles. The molecule has 2 aliphatic rings. The summed E-state index contributed by atoms with van der Waals surface area (Å²) in [6, 6.07) is 7.58. The maximum atomic E-state index is 3.44. The number of aryl methyl sites for hydroxylation is 1. The molecule has 2 heteroatoms. The van der Waals surface area contributed by atoms with E-state index in [1.165, 1.54) is 57.3 Å². The molecule has 1 saturated heterocycles. The number of rotatable bonds is 2. The molecule has 1 N–H and O–H groups in total. The maximum Gasteiger partial charge on any atom is 0.0402 e. The van der Waals surface area contributed by atoms with E-state index < -0.39 is 0 Å². The molecular formula is C16H24N2. The highest BCUT2D eigenvalue weighted by molar-refractivity contribution is 5.58. The summed E-state index contributed by atoms with van der Waals surface area (Å²) in [7, 11) is 2.09. The first-order valence-electron chi connectivity index (χ1n) is 7.41. The molecule has 1 aromatic rings. The van der Waals surface area contributed by atoms with Gasteiger partial charge in [0.05, 0.1) is 0 Å². The fraction of sp³-hybridized carbons (Fsp3) is 0.625. The van der Waals surface area contributed by atoms with Gasteiger partial charge in [-0.1, -0.05) is 12.1 Å². The summed E-state index contributed by atoms with van der Waals surface area (Å²) in [6.45, 7) is 2.40. The summed E-state index contributed by atoms with van der Waals surface area (Å²) in [6.07, 6.45) is 7.94. The highest BCUT2D eigenvalue weighted by Gasteiger charge is 2.22. The molecule has 0 saturated carbocycles. The lowest BCUT2D eigenvalue weighted by atomic mass is 9.89. The Balaban J connectivity index is 1.87. The van der Waals surface area contributed by atoms with E-state index in [1.807, 2.05) is 0 Å². The second kappa shape index (κ2) is 5.31. The number of hydrogen-bond donors (Lipinski definition) is 1. The van der Waals surface area contributed by atoms with Gasteiger partial charge in [0.1, 0.15) is 0 Å². The summed E-state index contributed by atoms with van der Waals surface area (Å²) in [5.74, 6) is 0. The largest absolute Gasteiger partial charge is 0.370 e. The number of anilines is 1. The quantitative estimate of drug-likeness (QED) is 0.860. The first kappa shape index (κ1) is 12.0. The number of fused-ring (bicyclic) bond motifs is 1. The summed E-state index contributed by atoms with van der Waals surface area (Å²) < 4.78 is 0. The topological polar surface area (TPSA) is 15.3 Å². The van der Waals surface area contributed by atoms with Crippen molar-refractivity contribution in [3.05, 3.63) is 29.3 Å². The zero-order valence-electron chi connectivity index (χ0n) is 11.4. The van der Waals surface area contributed by atoms with Crippen LogP contribution in [0.4, 0.5) is 5.69 Å². The Bertz CT molecular complexity index is 414. The van der Waals surface area contributed by atoms with Gasteiger partial charge in [-0.25, -0.2) is 0 Å². The van der Waals surface area contributed by atoms with Crippen LogP contribution in [0.1, 0.15) is 36.8 Å². The maximum absolute atomic E-state index is 3.44. The number of piperidine rings is 1. The summed E-state index contributed by atoms with van der Waals surface area (Å²) in [5, 5.41) is 3.44. The van der Waals surface area contributed by atoms with E-state index in [2.05, 4.69) is 35.5 Å². The van der Waals surface area contributed by atoms with Gasteiger partial charge in [0.25, 0.3) is 0 Å². The van der Waals surface area contributed by atoms with Crippen LogP contribution < -0.4 is 10.2 Å². The lowest BCUT2D eigenvalue weighted by molar-refractivity contribution is 0.448. The lowest BCUT2D eigenvalue weighted by Crippen LogP contribution is -2.44. The number of hydrogen-bond acceptors (Lipinski definition) is 2. The fourth-order valence-corrected chi connectivity index (χ4v) is 3.49. The highest BCUT2D eigenvalue weighted by Crippen LogP contribution is 2.31. The average Bonchev–Trinajstić information content (AvgIpc) is 2.47. The van der Waals surface area contributed by atoms with Crippen molar-refractivity contribution in [2.45, 2.75) is 44.6 Å². The molecule has 1 unspecified atom stereocenters. The van der Waals surface area contributed by atoms with Crippen LogP contribution in [-0.4, -0.2) is 26.2 Å². The first-order chi connectivity index (χ1) is 8.88. The first-order valence-corrected chi connectivity index (χ1v) is 7.41. The van der Waals surface area contributed by atoms with Gasteiger partial charge in [0.2, 0.25) is 0 Å². The van der Waals surface area contributed by atoms with Crippen molar-refractivity contribution >= 4 is 5.69 Å². The van der Waals surface area contributed by atoms with Crippen LogP contribution in [0.15, 0.2) is 18.2 Å². The van der Waals surface area contributed by atoms with Crippen molar-refractivity contribution in [2.24, 2.45) is 0 Å². The van der Waals surface area contributed by atoms with Crippen molar-refractivity contribution in [2.75, 3.05) is 25.0 Å². The third-order valence-electron chi connectivity index (χ3n) is 4.54. The van der Waals surface area contributed by atoms with Crippen molar-refractivity contribution in [3.63, 3.8) is 0 Å². The molecule has 0 spiro atoms. The molecule has 0 aromatic heterocycles. The van der Waals surface area contributed by atoms with Crippen LogP contribution >= 0.6 is 0 Å². The molecule has 0 radical (unpaired) electrons. The SMILES string of the molecule is CNC1CCCN(c2cccc3c2CCCC3)C1. The van der Waals surface area contributed by atoms with Crippen molar-refractivity contribution < 1.29 is 0 Å². The Morgan fingerprint density at radius 3 is 2.94 bits per heavy atom. The molecule has 1 aliphatic carbocycles. The van der Waals surface area contributed by atoms with Gasteiger partial charge in [-0.2, -0.15) is 0 Å². The molecule has 1 fully saturated rings. The Kier molecular flexibility index (Phi) is 3.55. The predicted molar refractivity (Wildman–Crippen MR) is 77.4 cm³/mol. The highest BCUT2D eigenvalue weighted by atomic mass is 15.2. The predicted octanol–water partition coefficient (Wildman–Crippen LogP) is 2.75. The molecule has 98 valence electrons. The molecule has 3 rings (SSSR count). The van der Waals surface area contributed by atoms with Crippen molar-refractivity contribution in [3.8, 4) is 0 Å². The minimum atomic E-state index is 0.665. The van der Waals surface area contributed by atoms with Crippen LogP contribution in [-0.2, 0) is 12.8 Å². The second-order valence-electron chi connectivity index (χ2n) is 5.70. The van der Waals surface area contributed by atoms with Gasteiger partial charge in [0.15, 0.2) is 0 Å². The van der Waals surface area contributed by atoms with Crippen LogP contribution in [0.3, 0.4) is 0 Å². The Labute approximate surface area is 110 Å². The summed E-state index contributed by atoms with van der Waals surface area (Å²) in [5.41, 5.74) is 4.76. The van der Waals surface area contributed by atoms with Crippen LogP contribution in [0.5, 0.6) is 0 Å².